The van der Waals surface area contributed by atoms with Gasteiger partial charge in [0.25, 0.3) is 0 Å². The van der Waals surface area contributed by atoms with Crippen molar-refractivity contribution in [3.8, 4) is 22.4 Å². The number of nitrogens with zero attached hydrogens (tertiary/aromatic N) is 4. The van der Waals surface area contributed by atoms with Crippen molar-refractivity contribution in [1.29, 1.82) is 0 Å². The zero-order valence-corrected chi connectivity index (χ0v) is 17.2. The van der Waals surface area contributed by atoms with E-state index in [4.69, 9.17) is 10.7 Å². The molecule has 2 fully saturated rings. The Balaban J connectivity index is 1.36. The number of nitrogen functional groups attached to an aromatic ring is 1. The van der Waals surface area contributed by atoms with Crippen molar-refractivity contribution in [2.75, 3.05) is 18.8 Å². The van der Waals surface area contributed by atoms with Crippen molar-refractivity contribution in [1.82, 2.24) is 30.2 Å². The number of pyridine rings is 1. The molecule has 1 aromatic carbocycles. The van der Waals surface area contributed by atoms with E-state index in [-0.39, 0.29) is 0 Å². The molecule has 31 heavy (non-hydrogen) atoms. The highest BCUT2D eigenvalue weighted by Gasteiger charge is 2.33. The minimum atomic E-state index is 0.409. The van der Waals surface area contributed by atoms with E-state index in [0.717, 1.165) is 59.7 Å². The second-order valence-electron chi connectivity index (χ2n) is 8.58. The fourth-order valence-corrected chi connectivity index (χ4v) is 4.96. The van der Waals surface area contributed by atoms with Gasteiger partial charge in [0.15, 0.2) is 5.65 Å². The van der Waals surface area contributed by atoms with Crippen molar-refractivity contribution in [2.24, 2.45) is 0 Å². The maximum atomic E-state index is 6.39. The van der Waals surface area contributed by atoms with Gasteiger partial charge >= 0.3 is 0 Å². The van der Waals surface area contributed by atoms with E-state index in [2.05, 4.69) is 38.9 Å². The van der Waals surface area contributed by atoms with Crippen LogP contribution in [-0.2, 0) is 0 Å². The molecular formula is C24H25N7. The average molecular weight is 412 g/mol. The number of anilines is 1. The number of piperazine rings is 1. The molecule has 2 saturated heterocycles. The summed E-state index contributed by atoms with van der Waals surface area (Å²) in [7, 11) is 0. The van der Waals surface area contributed by atoms with Crippen LogP contribution >= 0.6 is 0 Å². The third kappa shape index (κ3) is 3.36. The van der Waals surface area contributed by atoms with Crippen molar-refractivity contribution >= 4 is 11.5 Å². The molecule has 0 radical (unpaired) electrons. The second kappa shape index (κ2) is 7.44. The lowest BCUT2D eigenvalue weighted by Gasteiger charge is -2.40. The molecule has 0 saturated carbocycles. The Morgan fingerprint density at radius 2 is 1.74 bits per heavy atom. The third-order valence-electron chi connectivity index (χ3n) is 6.47. The van der Waals surface area contributed by atoms with Gasteiger partial charge in [0.2, 0.25) is 0 Å². The van der Waals surface area contributed by atoms with Gasteiger partial charge in [0.05, 0.1) is 11.9 Å². The standard InChI is InChI=1S/C24H25N7/c25-23-10-22(17-8-18-12-26-13-19(9-17)29-18)30-24-20(14-28-31(23)24)16-6-7-21(27-11-16)15-4-2-1-3-5-15/h1-7,10-11,14,17-19,26,29H,8-9,12-13,25H2. The number of hydrogen-bond donors (Lipinski definition) is 3. The van der Waals surface area contributed by atoms with Crippen molar-refractivity contribution in [2.45, 2.75) is 30.8 Å². The summed E-state index contributed by atoms with van der Waals surface area (Å²) in [4.78, 5) is 9.72. The maximum absolute atomic E-state index is 6.39. The van der Waals surface area contributed by atoms with E-state index in [0.29, 0.717) is 23.8 Å². The predicted octanol–water partition coefficient (Wildman–Crippen LogP) is 2.85. The number of aromatic nitrogens is 4. The first-order chi connectivity index (χ1) is 15.2. The summed E-state index contributed by atoms with van der Waals surface area (Å²) in [6.45, 7) is 2.03. The van der Waals surface area contributed by atoms with Crippen LogP contribution < -0.4 is 16.4 Å². The van der Waals surface area contributed by atoms with E-state index in [1.807, 2.05) is 42.7 Å². The molecule has 2 aliphatic rings. The van der Waals surface area contributed by atoms with Crippen LogP contribution in [0.4, 0.5) is 5.82 Å². The molecule has 2 aliphatic heterocycles. The van der Waals surface area contributed by atoms with E-state index in [9.17, 15) is 0 Å². The molecular weight excluding hydrogens is 386 g/mol. The first kappa shape index (κ1) is 18.5. The molecule has 0 spiro atoms. The number of benzene rings is 1. The summed E-state index contributed by atoms with van der Waals surface area (Å²) in [5.74, 6) is 1.04. The maximum Gasteiger partial charge on any atom is 0.165 e. The molecule has 2 unspecified atom stereocenters. The van der Waals surface area contributed by atoms with Gasteiger partial charge in [-0.3, -0.25) is 4.98 Å². The van der Waals surface area contributed by atoms with Gasteiger partial charge in [0.1, 0.15) is 5.82 Å². The highest BCUT2D eigenvalue weighted by atomic mass is 15.3. The van der Waals surface area contributed by atoms with Crippen molar-refractivity contribution in [3.63, 3.8) is 0 Å². The topological polar surface area (TPSA) is 93.2 Å². The normalized spacial score (nSPS) is 23.2. The molecule has 3 aromatic heterocycles. The van der Waals surface area contributed by atoms with Crippen LogP contribution in [0.1, 0.15) is 24.5 Å². The molecule has 7 nitrogen and oxygen atoms in total. The second-order valence-corrected chi connectivity index (χ2v) is 8.58. The molecule has 4 N–H and O–H groups in total. The Labute approximate surface area is 180 Å². The van der Waals surface area contributed by atoms with Crippen LogP contribution in [0.2, 0.25) is 0 Å². The van der Waals surface area contributed by atoms with Gasteiger partial charge in [-0.05, 0) is 18.9 Å². The van der Waals surface area contributed by atoms with Crippen molar-refractivity contribution in [3.05, 3.63) is 66.6 Å². The molecule has 5 heterocycles. The zero-order chi connectivity index (χ0) is 20.8. The van der Waals surface area contributed by atoms with Gasteiger partial charge in [-0.2, -0.15) is 9.61 Å². The van der Waals surface area contributed by atoms with E-state index in [1.165, 1.54) is 0 Å². The number of nitrogens with one attached hydrogen (secondary N) is 2. The molecule has 156 valence electrons. The number of fused-ring (bicyclic) bond motifs is 3. The SMILES string of the molecule is Nc1cc(C2CC3CNCC(C2)N3)nc2c(-c3ccc(-c4ccccc4)nc3)cnn12. The minimum Gasteiger partial charge on any atom is -0.384 e. The Hall–Kier alpha value is -3.29. The summed E-state index contributed by atoms with van der Waals surface area (Å²) in [6, 6.07) is 17.3. The van der Waals surface area contributed by atoms with Crippen LogP contribution in [0.15, 0.2) is 60.9 Å². The highest BCUT2D eigenvalue weighted by Crippen LogP contribution is 2.33. The Bertz CT molecular complexity index is 1200. The lowest BCUT2D eigenvalue weighted by atomic mass is 9.83. The van der Waals surface area contributed by atoms with Crippen LogP contribution in [-0.4, -0.2) is 44.8 Å². The fraction of sp³-hybridized carbons (Fsp3) is 0.292. The third-order valence-corrected chi connectivity index (χ3v) is 6.47. The summed E-state index contributed by atoms with van der Waals surface area (Å²) in [5, 5.41) is 11.7. The predicted molar refractivity (Wildman–Crippen MR) is 122 cm³/mol. The largest absolute Gasteiger partial charge is 0.384 e. The smallest absolute Gasteiger partial charge is 0.165 e. The van der Waals surface area contributed by atoms with Gasteiger partial charge < -0.3 is 16.4 Å². The van der Waals surface area contributed by atoms with Crippen LogP contribution in [0, 0.1) is 0 Å². The molecule has 0 aliphatic carbocycles. The molecule has 6 rings (SSSR count). The first-order valence-electron chi connectivity index (χ1n) is 10.9. The Morgan fingerprint density at radius 3 is 2.48 bits per heavy atom. The van der Waals surface area contributed by atoms with E-state index >= 15 is 0 Å². The Morgan fingerprint density at radius 1 is 0.935 bits per heavy atom. The van der Waals surface area contributed by atoms with Crippen LogP contribution in [0.25, 0.3) is 28.0 Å². The van der Waals surface area contributed by atoms with Crippen LogP contribution in [0.3, 0.4) is 0 Å². The zero-order valence-electron chi connectivity index (χ0n) is 17.2. The fourth-order valence-electron chi connectivity index (χ4n) is 4.96. The quantitative estimate of drug-likeness (QED) is 0.480. The number of nitrogens with two attached hydrogens (primary N) is 1. The van der Waals surface area contributed by atoms with E-state index < -0.39 is 0 Å². The number of rotatable bonds is 3. The van der Waals surface area contributed by atoms with Gasteiger partial charge in [-0.25, -0.2) is 4.98 Å². The summed E-state index contributed by atoms with van der Waals surface area (Å²) in [5.41, 5.74) is 12.2. The summed E-state index contributed by atoms with van der Waals surface area (Å²) in [6.07, 6.45) is 5.87. The monoisotopic (exact) mass is 411 g/mol. The lowest BCUT2D eigenvalue weighted by molar-refractivity contribution is 0.234. The lowest BCUT2D eigenvalue weighted by Crippen LogP contribution is -2.58. The van der Waals surface area contributed by atoms with Crippen molar-refractivity contribution < 1.29 is 0 Å². The number of piperidine rings is 1. The first-order valence-corrected chi connectivity index (χ1v) is 10.9. The minimum absolute atomic E-state index is 0.409. The Kier molecular flexibility index (Phi) is 4.44. The summed E-state index contributed by atoms with van der Waals surface area (Å²) >= 11 is 0. The van der Waals surface area contributed by atoms with Crippen LogP contribution in [0.5, 0.6) is 0 Å². The highest BCUT2D eigenvalue weighted by molar-refractivity contribution is 5.78. The molecule has 0 amide bonds. The summed E-state index contributed by atoms with van der Waals surface area (Å²) < 4.78 is 1.73. The van der Waals surface area contributed by atoms with Gasteiger partial charge in [0, 0.05) is 65.7 Å². The molecule has 4 aromatic rings. The van der Waals surface area contributed by atoms with Gasteiger partial charge in [-0.1, -0.05) is 36.4 Å². The average Bonchev–Trinajstić information content (AvgIpc) is 3.24. The number of hydrogen-bond acceptors (Lipinski definition) is 6. The van der Waals surface area contributed by atoms with E-state index in [1.54, 1.807) is 4.52 Å². The molecule has 2 bridgehead atoms. The molecule has 7 heteroatoms. The molecule has 2 atom stereocenters. The van der Waals surface area contributed by atoms with Gasteiger partial charge in [-0.15, -0.1) is 0 Å².